The largest absolute Gasteiger partial charge is 0.469 e. The van der Waals surface area contributed by atoms with E-state index >= 15 is 0 Å². The van der Waals surface area contributed by atoms with Crippen molar-refractivity contribution in [2.45, 2.75) is 32.0 Å². The molecule has 1 heterocycles. The Balaban J connectivity index is 1.84. The number of benzene rings is 1. The maximum atomic E-state index is 6.06. The average Bonchev–Trinajstić information content (AvgIpc) is 2.47. The van der Waals surface area contributed by atoms with Gasteiger partial charge in [-0.1, -0.05) is 24.3 Å². The van der Waals surface area contributed by atoms with Crippen molar-refractivity contribution in [3.63, 3.8) is 0 Å². The van der Waals surface area contributed by atoms with Gasteiger partial charge >= 0.3 is 0 Å². The first-order valence-corrected chi connectivity index (χ1v) is 7.13. The summed E-state index contributed by atoms with van der Waals surface area (Å²) in [4.78, 5) is 8.47. The third-order valence-corrected chi connectivity index (χ3v) is 3.62. The smallest absolute Gasteiger partial charge is 0.219 e. The second-order valence-electron chi connectivity index (χ2n) is 5.18. The molecule has 0 bridgehead atoms. The van der Waals surface area contributed by atoms with Gasteiger partial charge in [0.05, 0.1) is 0 Å². The fourth-order valence-corrected chi connectivity index (χ4v) is 2.72. The summed E-state index contributed by atoms with van der Waals surface area (Å²) in [6.45, 7) is 0.322. The molecule has 1 aliphatic carbocycles. The molecule has 2 N–H and O–H groups in total. The van der Waals surface area contributed by atoms with Crippen molar-refractivity contribution in [2.75, 3.05) is 12.8 Å². The number of nitrogens with zero attached hydrogens (tertiary/aromatic N) is 2. The summed E-state index contributed by atoms with van der Waals surface area (Å²) in [6, 6.07) is 10.1. The zero-order valence-electron chi connectivity index (χ0n) is 12.1. The number of hydrogen-bond donors (Lipinski definition) is 1. The minimum absolute atomic E-state index is 0.0274. The monoisotopic (exact) mass is 285 g/mol. The third-order valence-electron chi connectivity index (χ3n) is 3.62. The van der Waals surface area contributed by atoms with Crippen LogP contribution in [0, 0.1) is 0 Å². The first-order chi connectivity index (χ1) is 10.3. The summed E-state index contributed by atoms with van der Waals surface area (Å²) in [7, 11) is 1.60. The van der Waals surface area contributed by atoms with Crippen molar-refractivity contribution >= 4 is 5.82 Å². The van der Waals surface area contributed by atoms with E-state index in [1.54, 1.807) is 13.2 Å². The second-order valence-corrected chi connectivity index (χ2v) is 5.18. The Bertz CT molecular complexity index is 631. The zero-order chi connectivity index (χ0) is 14.7. The molecular weight excluding hydrogens is 266 g/mol. The quantitative estimate of drug-likeness (QED) is 0.935. The lowest BCUT2D eigenvalue weighted by molar-refractivity contribution is 0.163. The molecule has 0 spiro atoms. The fraction of sp³-hybridized carbons (Fsp3) is 0.375. The lowest BCUT2D eigenvalue weighted by Crippen LogP contribution is -2.16. The van der Waals surface area contributed by atoms with Gasteiger partial charge < -0.3 is 15.2 Å². The number of methoxy groups -OCH3 is 1. The lowest BCUT2D eigenvalue weighted by atomic mass is 9.89. The Labute approximate surface area is 124 Å². The van der Waals surface area contributed by atoms with Gasteiger partial charge in [-0.2, -0.15) is 4.98 Å². The van der Waals surface area contributed by atoms with Crippen LogP contribution in [0.4, 0.5) is 5.82 Å². The number of aryl methyl sites for hydroxylation is 1. The Hall–Kier alpha value is -2.14. The predicted molar refractivity (Wildman–Crippen MR) is 79.9 cm³/mol. The van der Waals surface area contributed by atoms with Crippen LogP contribution in [0.5, 0.6) is 5.88 Å². The molecule has 1 aromatic carbocycles. The van der Waals surface area contributed by atoms with Crippen LogP contribution in [0.25, 0.3) is 0 Å². The molecule has 110 valence electrons. The number of anilines is 1. The molecule has 0 fully saturated rings. The molecule has 5 nitrogen and oxygen atoms in total. The number of rotatable bonds is 4. The summed E-state index contributed by atoms with van der Waals surface area (Å²) in [6.07, 6.45) is 3.24. The van der Waals surface area contributed by atoms with Crippen LogP contribution in [-0.4, -0.2) is 17.1 Å². The highest BCUT2D eigenvalue weighted by Crippen LogP contribution is 2.33. The van der Waals surface area contributed by atoms with Crippen molar-refractivity contribution < 1.29 is 9.47 Å². The molecule has 2 aromatic rings. The van der Waals surface area contributed by atoms with Gasteiger partial charge in [-0.15, -0.1) is 0 Å². The maximum Gasteiger partial charge on any atom is 0.219 e. The number of hydrogen-bond acceptors (Lipinski definition) is 5. The fourth-order valence-electron chi connectivity index (χ4n) is 2.72. The number of fused-ring (bicyclic) bond motifs is 1. The van der Waals surface area contributed by atoms with Crippen LogP contribution in [-0.2, 0) is 17.8 Å². The first-order valence-electron chi connectivity index (χ1n) is 7.13. The number of aromatic nitrogens is 2. The first kappa shape index (κ1) is 13.8. The van der Waals surface area contributed by atoms with Gasteiger partial charge in [-0.05, 0) is 30.4 Å². The Morgan fingerprint density at radius 3 is 3.00 bits per heavy atom. The molecule has 1 aromatic heterocycles. The van der Waals surface area contributed by atoms with E-state index in [0.717, 1.165) is 19.3 Å². The molecule has 0 radical (unpaired) electrons. The van der Waals surface area contributed by atoms with Gasteiger partial charge in [0.1, 0.15) is 18.5 Å². The van der Waals surface area contributed by atoms with Crippen molar-refractivity contribution in [3.05, 3.63) is 47.3 Å². The molecule has 0 amide bonds. The molecule has 21 heavy (non-hydrogen) atoms. The van der Waals surface area contributed by atoms with E-state index < -0.39 is 0 Å². The molecule has 0 saturated heterocycles. The highest BCUT2D eigenvalue weighted by Gasteiger charge is 2.22. The molecule has 0 aliphatic heterocycles. The van der Waals surface area contributed by atoms with E-state index in [0.29, 0.717) is 24.1 Å². The van der Waals surface area contributed by atoms with Crippen LogP contribution in [0.15, 0.2) is 30.3 Å². The normalized spacial score (nSPS) is 17.3. The van der Waals surface area contributed by atoms with Crippen LogP contribution in [0.2, 0.25) is 0 Å². The molecule has 1 atom stereocenters. The highest BCUT2D eigenvalue weighted by atomic mass is 16.5. The van der Waals surface area contributed by atoms with Gasteiger partial charge in [0.25, 0.3) is 0 Å². The van der Waals surface area contributed by atoms with Crippen LogP contribution in [0.3, 0.4) is 0 Å². The van der Waals surface area contributed by atoms with Gasteiger partial charge in [0, 0.05) is 13.2 Å². The zero-order valence-corrected chi connectivity index (χ0v) is 12.1. The van der Waals surface area contributed by atoms with Crippen molar-refractivity contribution in [1.29, 1.82) is 0 Å². The lowest BCUT2D eigenvalue weighted by Gasteiger charge is -2.25. The summed E-state index contributed by atoms with van der Waals surface area (Å²) in [5.74, 6) is 1.45. The Morgan fingerprint density at radius 2 is 2.14 bits per heavy atom. The minimum Gasteiger partial charge on any atom is -0.469 e. The van der Waals surface area contributed by atoms with Crippen molar-refractivity contribution in [1.82, 2.24) is 9.97 Å². The van der Waals surface area contributed by atoms with Crippen molar-refractivity contribution in [2.24, 2.45) is 0 Å². The SMILES string of the molecule is COCc1nc(N)cc(OC2CCCc3ccccc32)n1. The topological polar surface area (TPSA) is 70.3 Å². The minimum atomic E-state index is 0.0274. The van der Waals surface area contributed by atoms with Crippen molar-refractivity contribution in [3.8, 4) is 5.88 Å². The Morgan fingerprint density at radius 1 is 1.29 bits per heavy atom. The van der Waals surface area contributed by atoms with Gasteiger partial charge in [-0.25, -0.2) is 4.98 Å². The molecule has 0 saturated carbocycles. The highest BCUT2D eigenvalue weighted by molar-refractivity contribution is 5.35. The number of nitrogens with two attached hydrogens (primary N) is 1. The average molecular weight is 285 g/mol. The standard InChI is InChI=1S/C16H19N3O2/c1-20-10-15-18-14(17)9-16(19-15)21-13-8-4-6-11-5-2-3-7-12(11)13/h2-3,5,7,9,13H,4,6,8,10H2,1H3,(H2,17,18,19). The summed E-state index contributed by atoms with van der Waals surface area (Å²) >= 11 is 0. The molecule has 1 unspecified atom stereocenters. The van der Waals surface area contributed by atoms with E-state index in [-0.39, 0.29) is 6.10 Å². The van der Waals surface area contributed by atoms with Gasteiger partial charge in [0.15, 0.2) is 5.82 Å². The number of nitrogen functional groups attached to an aromatic ring is 1. The van der Waals surface area contributed by atoms with Crippen LogP contribution >= 0.6 is 0 Å². The number of ether oxygens (including phenoxy) is 2. The summed E-state index contributed by atoms with van der Waals surface area (Å²) < 4.78 is 11.1. The summed E-state index contributed by atoms with van der Waals surface area (Å²) in [5.41, 5.74) is 8.40. The second kappa shape index (κ2) is 6.10. The molecule has 5 heteroatoms. The molecular formula is C16H19N3O2. The van der Waals surface area contributed by atoms with E-state index in [1.807, 2.05) is 6.07 Å². The molecule has 3 rings (SSSR count). The van der Waals surface area contributed by atoms with E-state index in [1.165, 1.54) is 11.1 Å². The van der Waals surface area contributed by atoms with Crippen LogP contribution < -0.4 is 10.5 Å². The molecule has 1 aliphatic rings. The predicted octanol–water partition coefficient (Wildman–Crippen LogP) is 2.66. The van der Waals surface area contributed by atoms with Gasteiger partial charge in [-0.3, -0.25) is 0 Å². The third kappa shape index (κ3) is 3.13. The van der Waals surface area contributed by atoms with Gasteiger partial charge in [0.2, 0.25) is 5.88 Å². The van der Waals surface area contributed by atoms with Crippen LogP contribution in [0.1, 0.15) is 35.9 Å². The van der Waals surface area contributed by atoms with E-state index in [9.17, 15) is 0 Å². The maximum absolute atomic E-state index is 6.06. The summed E-state index contributed by atoms with van der Waals surface area (Å²) in [5, 5.41) is 0. The van der Waals surface area contributed by atoms with E-state index in [4.69, 9.17) is 15.2 Å². The Kier molecular flexibility index (Phi) is 4.01. The van der Waals surface area contributed by atoms with E-state index in [2.05, 4.69) is 28.2 Å².